The first kappa shape index (κ1) is 34.3. The van der Waals surface area contributed by atoms with Crippen LogP contribution in [-0.4, -0.2) is 69.7 Å². The first-order valence-corrected chi connectivity index (χ1v) is 15.6. The average molecular weight is 667 g/mol. The van der Waals surface area contributed by atoms with Gasteiger partial charge in [-0.15, -0.1) is 0 Å². The number of amides is 6. The summed E-state index contributed by atoms with van der Waals surface area (Å²) in [7, 11) is 2.90. The predicted molar refractivity (Wildman–Crippen MR) is 176 cm³/mol. The van der Waals surface area contributed by atoms with Gasteiger partial charge < -0.3 is 9.47 Å². The molecule has 2 aromatic carbocycles. The van der Waals surface area contributed by atoms with Crippen molar-refractivity contribution >= 4 is 81.5 Å². The Balaban J connectivity index is 1.21. The molecule has 2 saturated heterocycles. The molecule has 242 valence electrons. The van der Waals surface area contributed by atoms with Crippen LogP contribution in [-0.2, 0) is 28.8 Å². The van der Waals surface area contributed by atoms with Gasteiger partial charge in [-0.1, -0.05) is 49.9 Å². The van der Waals surface area contributed by atoms with E-state index < -0.39 is 48.3 Å². The van der Waals surface area contributed by atoms with Crippen LogP contribution in [0.1, 0.15) is 64.2 Å². The molecule has 4 rings (SSSR count). The molecule has 0 saturated carbocycles. The number of carbonyl (C=O) groups excluding carboxylic acids is 6. The molecule has 12 nitrogen and oxygen atoms in total. The molecular formula is C32H34N4O8S2. The van der Waals surface area contributed by atoms with Crippen LogP contribution < -0.4 is 19.3 Å². The number of nitrogens with zero attached hydrogens (tertiary/aromatic N) is 4. The highest BCUT2D eigenvalue weighted by Gasteiger charge is 2.41. The zero-order valence-electron chi connectivity index (χ0n) is 25.6. The first-order valence-electron chi connectivity index (χ1n) is 14.8. The van der Waals surface area contributed by atoms with Crippen LogP contribution in [0.5, 0.6) is 11.5 Å². The third-order valence-corrected chi connectivity index (χ3v) is 8.28. The number of methoxy groups -OCH3 is 2. The Morgan fingerprint density at radius 3 is 1.30 bits per heavy atom. The van der Waals surface area contributed by atoms with Crippen LogP contribution in [0.15, 0.2) is 48.5 Å². The molecule has 0 bridgehead atoms. The molecule has 2 heterocycles. The lowest BCUT2D eigenvalue weighted by Gasteiger charge is -2.34. The van der Waals surface area contributed by atoms with E-state index in [1.54, 1.807) is 48.5 Å². The van der Waals surface area contributed by atoms with Crippen molar-refractivity contribution < 1.29 is 38.2 Å². The van der Waals surface area contributed by atoms with Crippen molar-refractivity contribution in [2.45, 2.75) is 64.2 Å². The number of rotatable bonds is 13. The minimum Gasteiger partial charge on any atom is -0.495 e. The Morgan fingerprint density at radius 2 is 0.935 bits per heavy atom. The Hall–Kier alpha value is -4.56. The summed E-state index contributed by atoms with van der Waals surface area (Å²) in [6.07, 6.45) is 3.18. The molecule has 0 aromatic heterocycles. The summed E-state index contributed by atoms with van der Waals surface area (Å²) in [5, 5.41) is -0.384. The lowest BCUT2D eigenvalue weighted by Crippen LogP contribution is -2.57. The summed E-state index contributed by atoms with van der Waals surface area (Å²) in [4.78, 5) is 80.6. The molecule has 0 unspecified atom stereocenters. The molecule has 0 atom stereocenters. The lowest BCUT2D eigenvalue weighted by molar-refractivity contribution is -0.144. The van der Waals surface area contributed by atoms with Crippen molar-refractivity contribution in [2.75, 3.05) is 24.0 Å². The molecule has 14 heteroatoms. The number of hydrogen-bond acceptors (Lipinski definition) is 10. The van der Waals surface area contributed by atoms with Gasteiger partial charge in [-0.25, -0.2) is 9.80 Å². The van der Waals surface area contributed by atoms with Gasteiger partial charge in [0.05, 0.1) is 25.6 Å². The number of para-hydroxylation sites is 4. The zero-order chi connectivity index (χ0) is 33.4. The van der Waals surface area contributed by atoms with Crippen LogP contribution in [0.25, 0.3) is 0 Å². The van der Waals surface area contributed by atoms with Gasteiger partial charge in [0.25, 0.3) is 0 Å². The van der Waals surface area contributed by atoms with E-state index in [-0.39, 0.29) is 23.1 Å². The topological polar surface area (TPSA) is 134 Å². The minimum atomic E-state index is -0.655. The van der Waals surface area contributed by atoms with Crippen LogP contribution >= 0.6 is 24.4 Å². The third-order valence-electron chi connectivity index (χ3n) is 7.55. The molecule has 0 spiro atoms. The van der Waals surface area contributed by atoms with E-state index in [2.05, 4.69) is 0 Å². The number of anilines is 2. The van der Waals surface area contributed by atoms with Crippen LogP contribution in [0.2, 0.25) is 0 Å². The number of imide groups is 2. The molecule has 0 radical (unpaired) electrons. The summed E-state index contributed by atoms with van der Waals surface area (Å²) >= 11 is 10.8. The van der Waals surface area contributed by atoms with Crippen LogP contribution in [0.4, 0.5) is 11.4 Å². The first-order chi connectivity index (χ1) is 22.1. The highest BCUT2D eigenvalue weighted by Crippen LogP contribution is 2.33. The van der Waals surface area contributed by atoms with Gasteiger partial charge in [-0.2, -0.15) is 0 Å². The molecule has 2 fully saturated rings. The molecule has 46 heavy (non-hydrogen) atoms. The fourth-order valence-corrected chi connectivity index (χ4v) is 6.09. The summed E-state index contributed by atoms with van der Waals surface area (Å²) < 4.78 is 10.6. The Kier molecular flexibility index (Phi) is 11.7. The zero-order valence-corrected chi connectivity index (χ0v) is 27.2. The number of carbonyl (C=O) groups is 6. The maximum Gasteiger partial charge on any atom is 0.245 e. The fourth-order valence-electron chi connectivity index (χ4n) is 5.28. The van der Waals surface area contributed by atoms with Gasteiger partial charge in [-0.05, 0) is 61.5 Å². The van der Waals surface area contributed by atoms with E-state index >= 15 is 0 Å². The van der Waals surface area contributed by atoms with E-state index in [9.17, 15) is 28.8 Å². The predicted octanol–water partition coefficient (Wildman–Crippen LogP) is 4.28. The summed E-state index contributed by atoms with van der Waals surface area (Å²) in [5.41, 5.74) is 0.718. The largest absolute Gasteiger partial charge is 0.495 e. The molecular weight excluding hydrogens is 633 g/mol. The normalized spacial score (nSPS) is 15.5. The number of ether oxygens (including phenoxy) is 2. The molecule has 2 aliphatic rings. The number of unbranched alkanes of at least 4 members (excludes halogenated alkanes) is 5. The van der Waals surface area contributed by atoms with Crippen LogP contribution in [0, 0.1) is 0 Å². The highest BCUT2D eigenvalue weighted by molar-refractivity contribution is 7.81. The summed E-state index contributed by atoms with van der Waals surface area (Å²) in [5.74, 6) is -2.55. The van der Waals surface area contributed by atoms with Gasteiger partial charge in [0, 0.05) is 12.8 Å². The van der Waals surface area contributed by atoms with E-state index in [4.69, 9.17) is 33.9 Å². The Morgan fingerprint density at radius 1 is 0.587 bits per heavy atom. The number of benzene rings is 2. The van der Waals surface area contributed by atoms with Crippen molar-refractivity contribution in [3.63, 3.8) is 0 Å². The SMILES string of the molecule is COc1ccccc1N1C(=O)CC(=O)N(C(=O)CCCCCCCCC(=O)N2C(=O)CC(=O)N(c3ccccc3OC)C2=S)C1=S. The minimum absolute atomic E-state index is 0.0776. The standard InChI is InChI=1S/C32H34N4O8S2/c1-43-23-15-11-9-13-21(23)33-27(39)19-29(41)35(31(33)45)25(37)17-7-5-3-4-6-8-18-26(38)36-30(42)20-28(40)34(32(36)46)22-14-10-12-16-24(22)44-2/h9-16H,3-8,17-20H2,1-2H3. The number of thiocarbonyl (C=S) groups is 2. The maximum absolute atomic E-state index is 13.0. The smallest absolute Gasteiger partial charge is 0.245 e. The second-order valence-electron chi connectivity index (χ2n) is 10.6. The second-order valence-corrected chi connectivity index (χ2v) is 11.3. The maximum atomic E-state index is 13.0. The van der Waals surface area contributed by atoms with Crippen molar-refractivity contribution in [3.8, 4) is 11.5 Å². The number of hydrogen-bond donors (Lipinski definition) is 0. The Bertz CT molecular complexity index is 1460. The summed E-state index contributed by atoms with van der Waals surface area (Å²) in [6, 6.07) is 13.4. The monoisotopic (exact) mass is 666 g/mol. The highest BCUT2D eigenvalue weighted by atomic mass is 32.1. The summed E-state index contributed by atoms with van der Waals surface area (Å²) in [6.45, 7) is 0. The molecule has 2 aliphatic heterocycles. The molecule has 0 aliphatic carbocycles. The lowest BCUT2D eigenvalue weighted by atomic mass is 10.1. The van der Waals surface area contributed by atoms with E-state index in [0.717, 1.165) is 32.4 Å². The van der Waals surface area contributed by atoms with Crippen LogP contribution in [0.3, 0.4) is 0 Å². The van der Waals surface area contributed by atoms with Gasteiger partial charge in [0.15, 0.2) is 10.2 Å². The third kappa shape index (κ3) is 7.45. The molecule has 6 amide bonds. The molecule has 2 aromatic rings. The fraction of sp³-hybridized carbons (Fsp3) is 0.375. The van der Waals surface area contributed by atoms with Crippen molar-refractivity contribution in [3.05, 3.63) is 48.5 Å². The van der Waals surface area contributed by atoms with Gasteiger partial charge in [-0.3, -0.25) is 38.6 Å². The van der Waals surface area contributed by atoms with Crippen molar-refractivity contribution in [2.24, 2.45) is 0 Å². The van der Waals surface area contributed by atoms with Gasteiger partial charge in [0.2, 0.25) is 35.4 Å². The Labute approximate surface area is 277 Å². The quantitative estimate of drug-likeness (QED) is 0.173. The van der Waals surface area contributed by atoms with Gasteiger partial charge >= 0.3 is 0 Å². The van der Waals surface area contributed by atoms with Crippen molar-refractivity contribution in [1.29, 1.82) is 0 Å². The van der Waals surface area contributed by atoms with Crippen molar-refractivity contribution in [1.82, 2.24) is 9.80 Å². The average Bonchev–Trinajstić information content (AvgIpc) is 3.02. The molecule has 0 N–H and O–H groups in total. The van der Waals surface area contributed by atoms with Gasteiger partial charge in [0.1, 0.15) is 24.3 Å². The second kappa shape index (κ2) is 15.6. The van der Waals surface area contributed by atoms with E-state index in [0.29, 0.717) is 48.6 Å². The van der Waals surface area contributed by atoms with E-state index in [1.807, 2.05) is 0 Å². The van der Waals surface area contributed by atoms with E-state index in [1.165, 1.54) is 14.2 Å².